The average molecular weight is 290 g/mol. The van der Waals surface area contributed by atoms with Gasteiger partial charge in [0.15, 0.2) is 0 Å². The maximum absolute atomic E-state index is 6.13. The minimum absolute atomic E-state index is 0.708. The van der Waals surface area contributed by atoms with E-state index in [2.05, 4.69) is 46.5 Å². The molecule has 0 aliphatic rings. The molecule has 1 N–H and O–H groups in total. The van der Waals surface area contributed by atoms with Crippen LogP contribution in [0.1, 0.15) is 11.1 Å². The van der Waals surface area contributed by atoms with Crippen molar-refractivity contribution in [3.8, 4) is 0 Å². The molecule has 0 radical (unpaired) electrons. The first kappa shape index (κ1) is 14.8. The van der Waals surface area contributed by atoms with E-state index in [1.807, 2.05) is 19.2 Å². The van der Waals surface area contributed by atoms with E-state index in [1.54, 1.807) is 6.20 Å². The van der Waals surface area contributed by atoms with E-state index >= 15 is 0 Å². The fraction of sp³-hybridized carbons (Fsp3) is 0.312. The molecule has 1 heterocycles. The van der Waals surface area contributed by atoms with Gasteiger partial charge in [-0.05, 0) is 30.7 Å². The molecule has 1 aromatic carbocycles. The predicted octanol–water partition coefficient (Wildman–Crippen LogP) is 3.13. The Balaban J connectivity index is 2.01. The van der Waals surface area contributed by atoms with Crippen LogP contribution in [0.25, 0.3) is 0 Å². The fourth-order valence-corrected chi connectivity index (χ4v) is 2.23. The van der Waals surface area contributed by atoms with Crippen LogP contribution < -0.4 is 10.2 Å². The second kappa shape index (κ2) is 7.27. The zero-order valence-corrected chi connectivity index (χ0v) is 12.7. The van der Waals surface area contributed by atoms with Crippen LogP contribution in [0.4, 0.5) is 5.82 Å². The third-order valence-corrected chi connectivity index (χ3v) is 3.60. The molecular weight excluding hydrogens is 270 g/mol. The quantitative estimate of drug-likeness (QED) is 0.885. The highest BCUT2D eigenvalue weighted by molar-refractivity contribution is 6.31. The highest BCUT2D eigenvalue weighted by Gasteiger charge is 2.07. The molecule has 2 aromatic rings. The standard InChI is InChI=1S/C16H20ClN3/c1-18-11-14-10-16(19-12-15(14)17)20(2)9-8-13-6-4-3-5-7-13/h3-7,10,12,18H,8-9,11H2,1-2H3. The summed E-state index contributed by atoms with van der Waals surface area (Å²) in [4.78, 5) is 6.55. The van der Waals surface area contributed by atoms with E-state index in [1.165, 1.54) is 5.56 Å². The maximum Gasteiger partial charge on any atom is 0.128 e. The molecule has 0 bridgehead atoms. The number of nitrogens with one attached hydrogen (secondary N) is 1. The largest absolute Gasteiger partial charge is 0.359 e. The Bertz CT molecular complexity index is 543. The van der Waals surface area contributed by atoms with Crippen molar-refractivity contribution in [1.29, 1.82) is 0 Å². The van der Waals surface area contributed by atoms with Gasteiger partial charge in [-0.15, -0.1) is 0 Å². The Hall–Kier alpha value is -1.58. The molecular formula is C16H20ClN3. The zero-order chi connectivity index (χ0) is 14.4. The molecule has 0 atom stereocenters. The van der Waals surface area contributed by atoms with E-state index in [-0.39, 0.29) is 0 Å². The number of likely N-dealkylation sites (N-methyl/N-ethyl adjacent to an activating group) is 1. The number of hydrogen-bond acceptors (Lipinski definition) is 3. The number of benzene rings is 1. The highest BCUT2D eigenvalue weighted by Crippen LogP contribution is 2.20. The van der Waals surface area contributed by atoms with Crippen LogP contribution in [-0.4, -0.2) is 25.6 Å². The van der Waals surface area contributed by atoms with Gasteiger partial charge in [0.1, 0.15) is 5.82 Å². The van der Waals surface area contributed by atoms with Gasteiger partial charge in [0, 0.05) is 26.3 Å². The average Bonchev–Trinajstić information content (AvgIpc) is 2.48. The second-order valence-electron chi connectivity index (χ2n) is 4.82. The van der Waals surface area contributed by atoms with Crippen molar-refractivity contribution in [2.45, 2.75) is 13.0 Å². The van der Waals surface area contributed by atoms with E-state index in [4.69, 9.17) is 11.6 Å². The van der Waals surface area contributed by atoms with Crippen molar-refractivity contribution < 1.29 is 0 Å². The second-order valence-corrected chi connectivity index (χ2v) is 5.23. The molecule has 0 aliphatic carbocycles. The first-order chi connectivity index (χ1) is 9.70. The van der Waals surface area contributed by atoms with Crippen LogP contribution in [0.2, 0.25) is 5.02 Å². The van der Waals surface area contributed by atoms with Gasteiger partial charge in [-0.2, -0.15) is 0 Å². The summed E-state index contributed by atoms with van der Waals surface area (Å²) in [5, 5.41) is 3.83. The monoisotopic (exact) mass is 289 g/mol. The van der Waals surface area contributed by atoms with Crippen molar-refractivity contribution >= 4 is 17.4 Å². The van der Waals surface area contributed by atoms with Crippen LogP contribution >= 0.6 is 11.6 Å². The Morgan fingerprint density at radius 3 is 2.70 bits per heavy atom. The molecule has 0 fully saturated rings. The van der Waals surface area contributed by atoms with E-state index in [0.29, 0.717) is 5.02 Å². The number of nitrogens with zero attached hydrogens (tertiary/aromatic N) is 2. The van der Waals surface area contributed by atoms with Crippen molar-refractivity contribution in [1.82, 2.24) is 10.3 Å². The summed E-state index contributed by atoms with van der Waals surface area (Å²) in [6, 6.07) is 12.5. The Morgan fingerprint density at radius 2 is 2.00 bits per heavy atom. The van der Waals surface area contributed by atoms with Crippen molar-refractivity contribution in [2.24, 2.45) is 0 Å². The molecule has 0 saturated carbocycles. The molecule has 0 saturated heterocycles. The summed E-state index contributed by atoms with van der Waals surface area (Å²) in [6.45, 7) is 1.68. The van der Waals surface area contributed by atoms with Gasteiger partial charge in [0.2, 0.25) is 0 Å². The Labute approximate surface area is 125 Å². The van der Waals surface area contributed by atoms with Gasteiger partial charge in [-0.3, -0.25) is 0 Å². The van der Waals surface area contributed by atoms with Crippen molar-refractivity contribution in [3.63, 3.8) is 0 Å². The summed E-state index contributed by atoms with van der Waals surface area (Å²) in [7, 11) is 3.97. The number of pyridine rings is 1. The van der Waals surface area contributed by atoms with Crippen molar-refractivity contribution in [3.05, 3.63) is 58.7 Å². The lowest BCUT2D eigenvalue weighted by molar-refractivity contribution is 0.809. The number of aromatic nitrogens is 1. The summed E-state index contributed by atoms with van der Waals surface area (Å²) >= 11 is 6.13. The molecule has 0 unspecified atom stereocenters. The third kappa shape index (κ3) is 3.95. The Morgan fingerprint density at radius 1 is 1.25 bits per heavy atom. The summed E-state index contributed by atoms with van der Waals surface area (Å²) < 4.78 is 0. The van der Waals surface area contributed by atoms with Crippen LogP contribution in [0.3, 0.4) is 0 Å². The van der Waals surface area contributed by atoms with Crippen LogP contribution in [-0.2, 0) is 13.0 Å². The van der Waals surface area contributed by atoms with Crippen LogP contribution in [0, 0.1) is 0 Å². The Kier molecular flexibility index (Phi) is 5.39. The lowest BCUT2D eigenvalue weighted by Crippen LogP contribution is -2.21. The van der Waals surface area contributed by atoms with E-state index in [9.17, 15) is 0 Å². The first-order valence-corrected chi connectivity index (χ1v) is 7.12. The topological polar surface area (TPSA) is 28.2 Å². The molecule has 2 rings (SSSR count). The minimum Gasteiger partial charge on any atom is -0.359 e. The molecule has 20 heavy (non-hydrogen) atoms. The minimum atomic E-state index is 0.708. The number of halogens is 1. The predicted molar refractivity (Wildman–Crippen MR) is 85.4 cm³/mol. The lowest BCUT2D eigenvalue weighted by Gasteiger charge is -2.19. The van der Waals surface area contributed by atoms with Gasteiger partial charge < -0.3 is 10.2 Å². The number of hydrogen-bond donors (Lipinski definition) is 1. The normalized spacial score (nSPS) is 10.6. The van der Waals surface area contributed by atoms with E-state index in [0.717, 1.165) is 30.9 Å². The first-order valence-electron chi connectivity index (χ1n) is 6.75. The molecule has 0 aliphatic heterocycles. The number of rotatable bonds is 6. The van der Waals surface area contributed by atoms with Crippen LogP contribution in [0.5, 0.6) is 0 Å². The SMILES string of the molecule is CNCc1cc(N(C)CCc2ccccc2)ncc1Cl. The molecule has 0 amide bonds. The third-order valence-electron chi connectivity index (χ3n) is 3.26. The van der Waals surface area contributed by atoms with Gasteiger partial charge in [0.25, 0.3) is 0 Å². The lowest BCUT2D eigenvalue weighted by atomic mass is 10.1. The van der Waals surface area contributed by atoms with Crippen molar-refractivity contribution in [2.75, 3.05) is 25.5 Å². The fourth-order valence-electron chi connectivity index (χ4n) is 2.06. The highest BCUT2D eigenvalue weighted by atomic mass is 35.5. The molecule has 0 spiro atoms. The maximum atomic E-state index is 6.13. The summed E-state index contributed by atoms with van der Waals surface area (Å²) in [5.41, 5.74) is 2.41. The van der Waals surface area contributed by atoms with E-state index < -0.39 is 0 Å². The van der Waals surface area contributed by atoms with Gasteiger partial charge in [0.05, 0.1) is 5.02 Å². The van der Waals surface area contributed by atoms with Gasteiger partial charge in [-0.1, -0.05) is 41.9 Å². The molecule has 3 nitrogen and oxygen atoms in total. The smallest absolute Gasteiger partial charge is 0.128 e. The number of anilines is 1. The summed E-state index contributed by atoms with van der Waals surface area (Å²) in [6.07, 6.45) is 2.73. The zero-order valence-electron chi connectivity index (χ0n) is 11.9. The van der Waals surface area contributed by atoms with Gasteiger partial charge >= 0.3 is 0 Å². The molecule has 4 heteroatoms. The van der Waals surface area contributed by atoms with Crippen LogP contribution in [0.15, 0.2) is 42.6 Å². The molecule has 106 valence electrons. The molecule has 1 aromatic heterocycles. The summed E-state index contributed by atoms with van der Waals surface area (Å²) in [5.74, 6) is 0.954. The van der Waals surface area contributed by atoms with Gasteiger partial charge in [-0.25, -0.2) is 4.98 Å².